The average molecular weight is 417 g/mol. The highest BCUT2D eigenvalue weighted by molar-refractivity contribution is 5.91. The fraction of sp³-hybridized carbons (Fsp3) is 0.217. The van der Waals surface area contributed by atoms with E-state index >= 15 is 0 Å². The van der Waals surface area contributed by atoms with E-state index in [9.17, 15) is 9.59 Å². The van der Waals surface area contributed by atoms with Crippen LogP contribution in [0.5, 0.6) is 5.75 Å². The molecule has 0 aliphatic carbocycles. The number of methoxy groups -OCH3 is 1. The molecule has 31 heavy (non-hydrogen) atoms. The molecule has 1 N–H and O–H groups in total. The molecule has 0 aliphatic heterocycles. The fourth-order valence-corrected chi connectivity index (χ4v) is 3.46. The summed E-state index contributed by atoms with van der Waals surface area (Å²) in [5.41, 5.74) is 4.26. The molecule has 0 aliphatic rings. The number of amides is 1. The standard InChI is InChI=1S/C23H23N5O3/c1-14-5-10-19(15(2)11-14)24-22(29)13-27-23(30)21-12-20(26-28(21)16(3)25-27)17-6-8-18(31-4)9-7-17/h5-12H,13H2,1-4H3,(H,24,29). The lowest BCUT2D eigenvalue weighted by Gasteiger charge is -2.10. The molecule has 0 unspecified atom stereocenters. The van der Waals surface area contributed by atoms with Crippen LogP contribution in [0.1, 0.15) is 17.0 Å². The van der Waals surface area contributed by atoms with E-state index < -0.39 is 0 Å². The minimum atomic E-state index is -0.381. The quantitative estimate of drug-likeness (QED) is 0.539. The van der Waals surface area contributed by atoms with Crippen LogP contribution >= 0.6 is 0 Å². The van der Waals surface area contributed by atoms with Gasteiger partial charge in [-0.25, -0.2) is 9.20 Å². The van der Waals surface area contributed by atoms with Gasteiger partial charge in [0.15, 0.2) is 0 Å². The third kappa shape index (κ3) is 4.05. The molecular formula is C23H23N5O3. The Bertz CT molecular complexity index is 1340. The van der Waals surface area contributed by atoms with Crippen LogP contribution in [0.4, 0.5) is 5.69 Å². The lowest BCUT2D eigenvalue weighted by atomic mass is 10.1. The van der Waals surface area contributed by atoms with Crippen LogP contribution < -0.4 is 15.6 Å². The number of nitrogens with zero attached hydrogens (tertiary/aromatic N) is 4. The van der Waals surface area contributed by atoms with E-state index in [4.69, 9.17) is 4.74 Å². The van der Waals surface area contributed by atoms with Crippen molar-refractivity contribution in [1.29, 1.82) is 0 Å². The Morgan fingerprint density at radius 1 is 1.03 bits per heavy atom. The van der Waals surface area contributed by atoms with Crippen LogP contribution in [-0.4, -0.2) is 32.4 Å². The zero-order valence-electron chi connectivity index (χ0n) is 17.8. The summed E-state index contributed by atoms with van der Waals surface area (Å²) in [6.45, 7) is 5.48. The van der Waals surface area contributed by atoms with E-state index in [1.165, 1.54) is 9.20 Å². The van der Waals surface area contributed by atoms with Crippen molar-refractivity contribution in [2.45, 2.75) is 27.3 Å². The van der Waals surface area contributed by atoms with Gasteiger partial charge in [0.1, 0.15) is 23.6 Å². The normalized spacial score (nSPS) is 11.0. The molecule has 0 spiro atoms. The van der Waals surface area contributed by atoms with E-state index in [1.807, 2.05) is 56.3 Å². The summed E-state index contributed by atoms with van der Waals surface area (Å²) in [5, 5.41) is 11.6. The van der Waals surface area contributed by atoms with Crippen molar-refractivity contribution in [3.63, 3.8) is 0 Å². The molecule has 0 saturated heterocycles. The van der Waals surface area contributed by atoms with Crippen LogP contribution in [-0.2, 0) is 11.3 Å². The van der Waals surface area contributed by atoms with Gasteiger partial charge in [-0.05, 0) is 62.7 Å². The van der Waals surface area contributed by atoms with Crippen molar-refractivity contribution in [3.8, 4) is 17.0 Å². The monoisotopic (exact) mass is 417 g/mol. The Kier molecular flexibility index (Phi) is 5.29. The summed E-state index contributed by atoms with van der Waals surface area (Å²) in [6, 6.07) is 14.9. The minimum Gasteiger partial charge on any atom is -0.497 e. The Labute approximate surface area is 179 Å². The number of anilines is 1. The van der Waals surface area contributed by atoms with Gasteiger partial charge in [0, 0.05) is 11.3 Å². The van der Waals surface area contributed by atoms with Crippen LogP contribution in [0.25, 0.3) is 16.8 Å². The van der Waals surface area contributed by atoms with Gasteiger partial charge < -0.3 is 10.1 Å². The van der Waals surface area contributed by atoms with Gasteiger partial charge in [-0.3, -0.25) is 9.59 Å². The van der Waals surface area contributed by atoms with Gasteiger partial charge >= 0.3 is 0 Å². The number of aromatic nitrogens is 4. The predicted molar refractivity (Wildman–Crippen MR) is 119 cm³/mol. The summed E-state index contributed by atoms with van der Waals surface area (Å²) in [6.07, 6.45) is 0. The molecule has 0 radical (unpaired) electrons. The zero-order chi connectivity index (χ0) is 22.1. The molecule has 0 fully saturated rings. The summed E-state index contributed by atoms with van der Waals surface area (Å²) in [4.78, 5) is 25.5. The number of benzene rings is 2. The largest absolute Gasteiger partial charge is 0.497 e. The molecule has 1 amide bonds. The number of carbonyl (C=O) groups excluding carboxylic acids is 1. The maximum atomic E-state index is 13.0. The second kappa shape index (κ2) is 8.06. The molecule has 0 atom stereocenters. The van der Waals surface area contributed by atoms with Gasteiger partial charge in [0.25, 0.3) is 5.56 Å². The molecule has 4 rings (SSSR count). The maximum absolute atomic E-state index is 13.0. The van der Waals surface area contributed by atoms with Crippen molar-refractivity contribution in [2.75, 3.05) is 12.4 Å². The van der Waals surface area contributed by atoms with E-state index in [1.54, 1.807) is 20.1 Å². The van der Waals surface area contributed by atoms with Gasteiger partial charge in [-0.2, -0.15) is 10.2 Å². The van der Waals surface area contributed by atoms with Gasteiger partial charge in [-0.1, -0.05) is 17.7 Å². The molecule has 2 heterocycles. The highest BCUT2D eigenvalue weighted by Gasteiger charge is 2.15. The van der Waals surface area contributed by atoms with E-state index in [-0.39, 0.29) is 18.0 Å². The van der Waals surface area contributed by atoms with Crippen LogP contribution in [0.3, 0.4) is 0 Å². The Morgan fingerprint density at radius 2 is 1.77 bits per heavy atom. The van der Waals surface area contributed by atoms with E-state index in [2.05, 4.69) is 15.5 Å². The number of hydrogen-bond donors (Lipinski definition) is 1. The first kappa shape index (κ1) is 20.3. The summed E-state index contributed by atoms with van der Waals surface area (Å²) in [7, 11) is 1.60. The molecule has 2 aromatic carbocycles. The van der Waals surface area contributed by atoms with Crippen molar-refractivity contribution < 1.29 is 9.53 Å². The number of rotatable bonds is 5. The molecule has 0 bridgehead atoms. The van der Waals surface area contributed by atoms with Crippen molar-refractivity contribution >= 4 is 17.1 Å². The number of carbonyl (C=O) groups is 1. The summed E-state index contributed by atoms with van der Waals surface area (Å²) >= 11 is 0. The summed E-state index contributed by atoms with van der Waals surface area (Å²) < 4.78 is 7.85. The maximum Gasteiger partial charge on any atom is 0.293 e. The first-order valence-electron chi connectivity index (χ1n) is 9.85. The van der Waals surface area contributed by atoms with E-state index in [0.717, 1.165) is 22.4 Å². The molecule has 0 saturated carbocycles. The minimum absolute atomic E-state index is 0.188. The molecule has 8 nitrogen and oxygen atoms in total. The molecule has 4 aromatic rings. The van der Waals surface area contributed by atoms with Crippen molar-refractivity contribution in [1.82, 2.24) is 19.4 Å². The second-order valence-electron chi connectivity index (χ2n) is 7.43. The third-order valence-corrected chi connectivity index (χ3v) is 5.07. The van der Waals surface area contributed by atoms with Gasteiger partial charge in [0.05, 0.1) is 12.8 Å². The first-order chi connectivity index (χ1) is 14.9. The topological polar surface area (TPSA) is 90.5 Å². The van der Waals surface area contributed by atoms with Gasteiger partial charge in [-0.15, -0.1) is 0 Å². The number of ether oxygens (including phenoxy) is 1. The van der Waals surface area contributed by atoms with Crippen LogP contribution in [0.15, 0.2) is 53.3 Å². The van der Waals surface area contributed by atoms with Crippen LogP contribution in [0.2, 0.25) is 0 Å². The highest BCUT2D eigenvalue weighted by Crippen LogP contribution is 2.22. The Morgan fingerprint density at radius 3 is 2.45 bits per heavy atom. The number of aryl methyl sites for hydroxylation is 3. The number of hydrogen-bond acceptors (Lipinski definition) is 5. The number of fused-ring (bicyclic) bond motifs is 1. The molecular weight excluding hydrogens is 394 g/mol. The lowest BCUT2D eigenvalue weighted by molar-refractivity contribution is -0.117. The fourth-order valence-electron chi connectivity index (χ4n) is 3.46. The van der Waals surface area contributed by atoms with E-state index in [0.29, 0.717) is 22.7 Å². The smallest absolute Gasteiger partial charge is 0.293 e. The van der Waals surface area contributed by atoms with Crippen LogP contribution in [0, 0.1) is 20.8 Å². The lowest BCUT2D eigenvalue weighted by Crippen LogP contribution is -2.31. The molecule has 8 heteroatoms. The number of nitrogens with one attached hydrogen (secondary N) is 1. The van der Waals surface area contributed by atoms with Crippen molar-refractivity contribution in [2.24, 2.45) is 0 Å². The molecule has 2 aromatic heterocycles. The average Bonchev–Trinajstić information content (AvgIpc) is 3.20. The first-order valence-corrected chi connectivity index (χ1v) is 9.85. The SMILES string of the molecule is COc1ccc(-c2cc3c(=O)n(CC(=O)Nc4ccc(C)cc4C)nc(C)n3n2)cc1. The Balaban J connectivity index is 1.63. The predicted octanol–water partition coefficient (Wildman–Crippen LogP) is 3.13. The third-order valence-electron chi connectivity index (χ3n) is 5.07. The highest BCUT2D eigenvalue weighted by atomic mass is 16.5. The summed E-state index contributed by atoms with van der Waals surface area (Å²) in [5.74, 6) is 0.927. The zero-order valence-corrected chi connectivity index (χ0v) is 17.8. The van der Waals surface area contributed by atoms with Gasteiger partial charge in [0.2, 0.25) is 5.91 Å². The second-order valence-corrected chi connectivity index (χ2v) is 7.43. The Hall–Kier alpha value is -3.94. The van der Waals surface area contributed by atoms with Crippen molar-refractivity contribution in [3.05, 3.63) is 75.8 Å². The molecule has 158 valence electrons.